The van der Waals surface area contributed by atoms with E-state index in [1.165, 1.54) is 30.3 Å². The molecule has 0 radical (unpaired) electrons. The van der Waals surface area contributed by atoms with E-state index in [2.05, 4.69) is 10.6 Å². The number of nitro groups is 1. The molecule has 12 heteroatoms. The Morgan fingerprint density at radius 3 is 2.24 bits per heavy atom. The fourth-order valence-electron chi connectivity index (χ4n) is 3.54. The molecule has 3 N–H and O–H groups in total. The van der Waals surface area contributed by atoms with Crippen LogP contribution in [0.2, 0.25) is 0 Å². The van der Waals surface area contributed by atoms with Crippen molar-refractivity contribution >= 4 is 35.3 Å². The Bertz CT molecular complexity index is 1140. The first-order chi connectivity index (χ1) is 16.2. The molecule has 0 aromatic heterocycles. The van der Waals surface area contributed by atoms with Gasteiger partial charge in [-0.15, -0.1) is 0 Å². The molecule has 12 nitrogen and oxygen atoms in total. The molecule has 0 fully saturated rings. The van der Waals surface area contributed by atoms with Gasteiger partial charge in [-0.05, 0) is 25.0 Å². The molecular formula is C22H20N4O8. The number of amides is 4. The van der Waals surface area contributed by atoms with Crippen LogP contribution in [0.3, 0.4) is 0 Å². The molecule has 0 bridgehead atoms. The number of carbonyl (C=O) groups excluding carboxylic acids is 4. The average molecular weight is 468 g/mol. The Labute approximate surface area is 192 Å². The molecule has 2 aromatic carbocycles. The van der Waals surface area contributed by atoms with Gasteiger partial charge in [-0.25, -0.2) is 4.79 Å². The van der Waals surface area contributed by atoms with E-state index >= 15 is 0 Å². The zero-order valence-electron chi connectivity index (χ0n) is 17.7. The fourth-order valence-corrected chi connectivity index (χ4v) is 3.54. The number of imide groups is 1. The fraction of sp³-hybridized carbons (Fsp3) is 0.227. The lowest BCUT2D eigenvalue weighted by Gasteiger charge is -2.25. The lowest BCUT2D eigenvalue weighted by molar-refractivity contribution is -0.384. The predicted octanol–water partition coefficient (Wildman–Crippen LogP) is 1.61. The number of ketones is 1. The van der Waals surface area contributed by atoms with E-state index in [1.807, 2.05) is 0 Å². The van der Waals surface area contributed by atoms with Crippen molar-refractivity contribution in [3.63, 3.8) is 0 Å². The van der Waals surface area contributed by atoms with E-state index in [4.69, 9.17) is 5.11 Å². The van der Waals surface area contributed by atoms with Crippen LogP contribution in [0.15, 0.2) is 48.5 Å². The topological polar surface area (TPSA) is 176 Å². The molecule has 176 valence electrons. The van der Waals surface area contributed by atoms with Gasteiger partial charge < -0.3 is 15.7 Å². The molecule has 1 heterocycles. The van der Waals surface area contributed by atoms with Gasteiger partial charge in [0.2, 0.25) is 5.91 Å². The Balaban J connectivity index is 1.75. The number of nitrogens with one attached hydrogen (secondary N) is 2. The summed E-state index contributed by atoms with van der Waals surface area (Å²) in [6, 6.07) is 9.79. The summed E-state index contributed by atoms with van der Waals surface area (Å²) in [5.41, 5.74) is 0.00714. The van der Waals surface area contributed by atoms with Crippen LogP contribution in [0.25, 0.3) is 0 Å². The number of carbonyl (C=O) groups is 5. The number of hydrogen-bond donors (Lipinski definition) is 3. The summed E-state index contributed by atoms with van der Waals surface area (Å²) in [4.78, 5) is 72.8. The average Bonchev–Trinajstić information content (AvgIpc) is 3.07. The van der Waals surface area contributed by atoms with Crippen molar-refractivity contribution in [2.75, 3.05) is 13.1 Å². The Hall–Kier alpha value is -4.61. The minimum Gasteiger partial charge on any atom is -0.465 e. The normalized spacial score (nSPS) is 13.2. The number of carboxylic acid groups (broad SMARTS) is 1. The quantitative estimate of drug-likeness (QED) is 0.155. The largest absolute Gasteiger partial charge is 0.465 e. The van der Waals surface area contributed by atoms with E-state index in [1.54, 1.807) is 12.1 Å². The van der Waals surface area contributed by atoms with E-state index in [0.717, 1.165) is 11.0 Å². The molecule has 1 aliphatic heterocycles. The summed E-state index contributed by atoms with van der Waals surface area (Å²) in [6.45, 7) is -0.540. The maximum atomic E-state index is 13.0. The van der Waals surface area contributed by atoms with E-state index in [-0.39, 0.29) is 41.8 Å². The van der Waals surface area contributed by atoms with Crippen LogP contribution >= 0.6 is 0 Å². The number of nitrogens with zero attached hydrogens (tertiary/aromatic N) is 2. The van der Waals surface area contributed by atoms with Crippen molar-refractivity contribution in [2.45, 2.75) is 18.9 Å². The first kappa shape index (κ1) is 24.0. The first-order valence-corrected chi connectivity index (χ1v) is 10.2. The number of Topliss-reactive ketones (excluding diaryl/α,β-unsaturated/α-hetero) is 1. The van der Waals surface area contributed by atoms with Gasteiger partial charge in [-0.2, -0.15) is 0 Å². The summed E-state index contributed by atoms with van der Waals surface area (Å²) in [5, 5.41) is 24.2. The number of benzene rings is 2. The summed E-state index contributed by atoms with van der Waals surface area (Å²) < 4.78 is 0. The first-order valence-electron chi connectivity index (χ1n) is 10.2. The van der Waals surface area contributed by atoms with Crippen LogP contribution < -0.4 is 10.6 Å². The van der Waals surface area contributed by atoms with Crippen molar-refractivity contribution in [3.05, 3.63) is 75.3 Å². The second-order valence-electron chi connectivity index (χ2n) is 7.36. The van der Waals surface area contributed by atoms with Crippen molar-refractivity contribution in [3.8, 4) is 0 Å². The molecule has 2 aromatic rings. The highest BCUT2D eigenvalue weighted by molar-refractivity contribution is 6.22. The monoisotopic (exact) mass is 468 g/mol. The van der Waals surface area contributed by atoms with Crippen LogP contribution in [0.1, 0.15) is 43.9 Å². The van der Waals surface area contributed by atoms with Crippen molar-refractivity contribution < 1.29 is 34.0 Å². The van der Waals surface area contributed by atoms with Crippen LogP contribution in [0, 0.1) is 10.1 Å². The van der Waals surface area contributed by atoms with Crippen LogP contribution in [-0.4, -0.2) is 63.7 Å². The zero-order chi connectivity index (χ0) is 24.8. The molecule has 1 aliphatic rings. The predicted molar refractivity (Wildman–Crippen MR) is 116 cm³/mol. The van der Waals surface area contributed by atoms with Crippen molar-refractivity contribution in [1.29, 1.82) is 0 Å². The third kappa shape index (κ3) is 5.23. The molecule has 1 unspecified atom stereocenters. The van der Waals surface area contributed by atoms with Gasteiger partial charge in [0.15, 0.2) is 5.78 Å². The second kappa shape index (κ2) is 10.3. The highest BCUT2D eigenvalue weighted by atomic mass is 16.6. The molecule has 0 saturated heterocycles. The molecule has 0 spiro atoms. The van der Waals surface area contributed by atoms with Gasteiger partial charge in [0.25, 0.3) is 17.5 Å². The second-order valence-corrected chi connectivity index (χ2v) is 7.36. The van der Waals surface area contributed by atoms with E-state index in [0.29, 0.717) is 0 Å². The number of hydrogen-bond acceptors (Lipinski definition) is 7. The number of rotatable bonds is 10. The summed E-state index contributed by atoms with van der Waals surface area (Å²) in [7, 11) is 0. The number of nitro benzene ring substituents is 1. The SMILES string of the molecule is O=C(O)NCCCC(C(=O)NCC(=O)c1cccc([N+](=O)[O-])c1)N1C(=O)c2ccccc2C1=O. The minimum absolute atomic E-state index is 0.0115. The summed E-state index contributed by atoms with van der Waals surface area (Å²) in [6.07, 6.45) is -1.18. The van der Waals surface area contributed by atoms with Gasteiger partial charge in [-0.3, -0.25) is 34.2 Å². The molecule has 0 aliphatic carbocycles. The van der Waals surface area contributed by atoms with Gasteiger partial charge in [0, 0.05) is 24.2 Å². The van der Waals surface area contributed by atoms with E-state index in [9.17, 15) is 34.1 Å². The van der Waals surface area contributed by atoms with Gasteiger partial charge in [-0.1, -0.05) is 24.3 Å². The summed E-state index contributed by atoms with van der Waals surface area (Å²) >= 11 is 0. The molecule has 34 heavy (non-hydrogen) atoms. The van der Waals surface area contributed by atoms with Crippen molar-refractivity contribution in [2.24, 2.45) is 0 Å². The highest BCUT2D eigenvalue weighted by Crippen LogP contribution is 2.26. The van der Waals surface area contributed by atoms with E-state index < -0.39 is 47.1 Å². The highest BCUT2D eigenvalue weighted by Gasteiger charge is 2.42. The van der Waals surface area contributed by atoms with Crippen LogP contribution in [-0.2, 0) is 4.79 Å². The zero-order valence-corrected chi connectivity index (χ0v) is 17.7. The lowest BCUT2D eigenvalue weighted by atomic mass is 10.1. The van der Waals surface area contributed by atoms with Crippen molar-refractivity contribution in [1.82, 2.24) is 15.5 Å². The number of non-ortho nitro benzene ring substituents is 1. The molecule has 3 rings (SSSR count). The van der Waals surface area contributed by atoms with Gasteiger partial charge in [0.1, 0.15) is 6.04 Å². The molecule has 4 amide bonds. The Morgan fingerprint density at radius 1 is 1.00 bits per heavy atom. The van der Waals surface area contributed by atoms with Crippen LogP contribution in [0.4, 0.5) is 10.5 Å². The minimum atomic E-state index is -1.29. The molecule has 0 saturated carbocycles. The molecule has 1 atom stereocenters. The third-order valence-corrected chi connectivity index (χ3v) is 5.17. The maximum absolute atomic E-state index is 13.0. The van der Waals surface area contributed by atoms with Gasteiger partial charge >= 0.3 is 6.09 Å². The van der Waals surface area contributed by atoms with Gasteiger partial charge in [0.05, 0.1) is 22.6 Å². The maximum Gasteiger partial charge on any atom is 0.404 e. The standard InChI is InChI=1S/C22H20N4O8/c27-18(13-5-3-6-14(11-13)26(33)34)12-24-19(28)17(9-4-10-23-22(31)32)25-20(29)15-7-1-2-8-16(15)21(25)30/h1-3,5-8,11,17,23H,4,9-10,12H2,(H,24,28)(H,31,32). The third-order valence-electron chi connectivity index (χ3n) is 5.17. The smallest absolute Gasteiger partial charge is 0.404 e. The Kier molecular flexibility index (Phi) is 7.31. The lowest BCUT2D eigenvalue weighted by Crippen LogP contribution is -2.50. The Morgan fingerprint density at radius 2 is 1.65 bits per heavy atom. The summed E-state index contributed by atoms with van der Waals surface area (Å²) in [5.74, 6) is -2.73. The number of fused-ring (bicyclic) bond motifs is 1. The molecular weight excluding hydrogens is 448 g/mol. The van der Waals surface area contributed by atoms with Crippen LogP contribution in [0.5, 0.6) is 0 Å².